The van der Waals surface area contributed by atoms with Gasteiger partial charge >= 0.3 is 0 Å². The van der Waals surface area contributed by atoms with Crippen LogP contribution in [0.3, 0.4) is 0 Å². The summed E-state index contributed by atoms with van der Waals surface area (Å²) in [4.78, 5) is 6.19. The van der Waals surface area contributed by atoms with Crippen LogP contribution in [-0.2, 0) is 13.1 Å². The molecule has 2 aromatic carbocycles. The van der Waals surface area contributed by atoms with Crippen LogP contribution in [0.15, 0.2) is 73.1 Å². The third-order valence-electron chi connectivity index (χ3n) is 4.10. The molecule has 0 aliphatic carbocycles. The Morgan fingerprint density at radius 3 is 2.50 bits per heavy atom. The molecule has 6 heteroatoms. The van der Waals surface area contributed by atoms with Crippen molar-refractivity contribution in [1.82, 2.24) is 9.88 Å². The molecule has 0 unspecified atom stereocenters. The molecular formula is C22H22FN3OS. The van der Waals surface area contributed by atoms with Crippen LogP contribution in [0.2, 0.25) is 0 Å². The number of anilines is 1. The first-order valence-electron chi connectivity index (χ1n) is 9.07. The number of aromatic nitrogens is 1. The molecule has 0 aliphatic heterocycles. The van der Waals surface area contributed by atoms with Crippen LogP contribution < -0.4 is 10.1 Å². The van der Waals surface area contributed by atoms with Gasteiger partial charge in [-0.1, -0.05) is 30.3 Å². The van der Waals surface area contributed by atoms with E-state index in [1.54, 1.807) is 18.3 Å². The Labute approximate surface area is 170 Å². The van der Waals surface area contributed by atoms with Crippen molar-refractivity contribution in [1.29, 1.82) is 0 Å². The number of hydrogen-bond donors (Lipinski definition) is 1. The van der Waals surface area contributed by atoms with Gasteiger partial charge in [0, 0.05) is 25.5 Å². The molecule has 0 saturated heterocycles. The third kappa shape index (κ3) is 5.50. The van der Waals surface area contributed by atoms with Gasteiger partial charge in [0.05, 0.1) is 12.3 Å². The van der Waals surface area contributed by atoms with Crippen LogP contribution in [0.5, 0.6) is 5.75 Å². The number of thiocarbonyl (C=S) groups is 1. The minimum Gasteiger partial charge on any atom is -0.492 e. The summed E-state index contributed by atoms with van der Waals surface area (Å²) in [7, 11) is 0. The highest BCUT2D eigenvalue weighted by Crippen LogP contribution is 2.24. The summed E-state index contributed by atoms with van der Waals surface area (Å²) in [6, 6.07) is 18.0. The number of benzene rings is 2. The molecule has 0 atom stereocenters. The first-order chi connectivity index (χ1) is 13.7. The van der Waals surface area contributed by atoms with Crippen molar-refractivity contribution < 1.29 is 9.13 Å². The van der Waals surface area contributed by atoms with Crippen LogP contribution in [0, 0.1) is 5.82 Å². The Morgan fingerprint density at radius 1 is 1.04 bits per heavy atom. The number of para-hydroxylation sites is 2. The van der Waals surface area contributed by atoms with Gasteiger partial charge < -0.3 is 15.0 Å². The van der Waals surface area contributed by atoms with Crippen molar-refractivity contribution in [2.75, 3.05) is 11.9 Å². The minimum absolute atomic E-state index is 0.256. The maximum Gasteiger partial charge on any atom is 0.174 e. The molecule has 1 N–H and O–H groups in total. The summed E-state index contributed by atoms with van der Waals surface area (Å²) in [6.45, 7) is 3.63. The highest BCUT2D eigenvalue weighted by molar-refractivity contribution is 7.80. The van der Waals surface area contributed by atoms with Crippen LogP contribution in [0.4, 0.5) is 10.1 Å². The molecule has 4 nitrogen and oxygen atoms in total. The highest BCUT2D eigenvalue weighted by atomic mass is 32.1. The average molecular weight is 396 g/mol. The van der Waals surface area contributed by atoms with E-state index in [4.69, 9.17) is 17.0 Å². The summed E-state index contributed by atoms with van der Waals surface area (Å²) in [5, 5.41) is 3.84. The zero-order chi connectivity index (χ0) is 19.8. The maximum absolute atomic E-state index is 13.3. The van der Waals surface area contributed by atoms with E-state index >= 15 is 0 Å². The summed E-state index contributed by atoms with van der Waals surface area (Å²) >= 11 is 5.69. The molecule has 28 heavy (non-hydrogen) atoms. The summed E-state index contributed by atoms with van der Waals surface area (Å²) in [6.07, 6.45) is 3.55. The predicted molar refractivity (Wildman–Crippen MR) is 114 cm³/mol. The van der Waals surface area contributed by atoms with Gasteiger partial charge in [-0.25, -0.2) is 4.39 Å². The highest BCUT2D eigenvalue weighted by Gasteiger charge is 2.14. The van der Waals surface area contributed by atoms with Crippen molar-refractivity contribution in [2.45, 2.75) is 20.0 Å². The minimum atomic E-state index is -0.256. The summed E-state index contributed by atoms with van der Waals surface area (Å²) in [5.41, 5.74) is 2.81. The van der Waals surface area contributed by atoms with Gasteiger partial charge in [0.1, 0.15) is 11.6 Å². The van der Waals surface area contributed by atoms with Crippen LogP contribution in [0.1, 0.15) is 18.1 Å². The fourth-order valence-electron chi connectivity index (χ4n) is 2.77. The van der Waals surface area contributed by atoms with Gasteiger partial charge in [-0.05, 0) is 60.6 Å². The van der Waals surface area contributed by atoms with E-state index in [1.807, 2.05) is 54.4 Å². The maximum atomic E-state index is 13.3. The molecule has 0 bridgehead atoms. The fraction of sp³-hybridized carbons (Fsp3) is 0.182. The summed E-state index contributed by atoms with van der Waals surface area (Å²) in [5.74, 6) is 0.490. The Bertz CT molecular complexity index is 903. The van der Waals surface area contributed by atoms with E-state index in [1.165, 1.54) is 12.1 Å². The second kappa shape index (κ2) is 9.80. The molecule has 0 radical (unpaired) electrons. The Hall–Kier alpha value is -2.99. The topological polar surface area (TPSA) is 37.4 Å². The molecule has 0 fully saturated rings. The standard InChI is InChI=1S/C22H22FN3OS/c1-2-27-21-8-4-3-7-20(21)25-22(28)26(16-18-6-5-13-24-14-18)15-17-9-11-19(23)12-10-17/h3-14H,2,15-16H2,1H3,(H,25,28). The second-order valence-electron chi connectivity index (χ2n) is 6.20. The quantitative estimate of drug-likeness (QED) is 0.569. The Morgan fingerprint density at radius 2 is 1.79 bits per heavy atom. The molecule has 0 aliphatic rings. The van der Waals surface area contributed by atoms with E-state index in [9.17, 15) is 4.39 Å². The van der Waals surface area contributed by atoms with E-state index in [0.29, 0.717) is 24.8 Å². The number of nitrogens with one attached hydrogen (secondary N) is 1. The van der Waals surface area contributed by atoms with E-state index in [-0.39, 0.29) is 5.82 Å². The fourth-order valence-corrected chi connectivity index (χ4v) is 3.01. The first-order valence-corrected chi connectivity index (χ1v) is 9.47. The zero-order valence-corrected chi connectivity index (χ0v) is 16.5. The SMILES string of the molecule is CCOc1ccccc1NC(=S)N(Cc1ccc(F)cc1)Cc1cccnc1. The van der Waals surface area contributed by atoms with Crippen LogP contribution in [-0.4, -0.2) is 21.6 Å². The van der Waals surface area contributed by atoms with Gasteiger partial charge in [-0.3, -0.25) is 4.98 Å². The Kier molecular flexibility index (Phi) is 6.92. The molecule has 0 saturated carbocycles. The zero-order valence-electron chi connectivity index (χ0n) is 15.6. The normalized spacial score (nSPS) is 10.4. The van der Waals surface area contributed by atoms with Gasteiger partial charge in [-0.15, -0.1) is 0 Å². The monoisotopic (exact) mass is 395 g/mol. The van der Waals surface area contributed by atoms with Gasteiger partial charge in [0.25, 0.3) is 0 Å². The van der Waals surface area contributed by atoms with E-state index in [0.717, 1.165) is 22.6 Å². The van der Waals surface area contributed by atoms with Gasteiger partial charge in [-0.2, -0.15) is 0 Å². The van der Waals surface area contributed by atoms with Crippen LogP contribution in [0.25, 0.3) is 0 Å². The molecule has 3 aromatic rings. The predicted octanol–water partition coefficient (Wildman–Crippen LogP) is 5.02. The van der Waals surface area contributed by atoms with Crippen molar-refractivity contribution in [2.24, 2.45) is 0 Å². The van der Waals surface area contributed by atoms with E-state index in [2.05, 4.69) is 10.3 Å². The third-order valence-corrected chi connectivity index (χ3v) is 4.46. The lowest BCUT2D eigenvalue weighted by molar-refractivity contribution is 0.342. The largest absolute Gasteiger partial charge is 0.492 e. The molecular weight excluding hydrogens is 373 g/mol. The van der Waals surface area contributed by atoms with Gasteiger partial charge in [0.2, 0.25) is 0 Å². The van der Waals surface area contributed by atoms with Crippen LogP contribution >= 0.6 is 12.2 Å². The molecule has 144 valence electrons. The number of halogens is 1. The lowest BCUT2D eigenvalue weighted by Gasteiger charge is -2.26. The summed E-state index contributed by atoms with van der Waals surface area (Å²) < 4.78 is 18.9. The Balaban J connectivity index is 1.80. The lowest BCUT2D eigenvalue weighted by atomic mass is 10.2. The smallest absolute Gasteiger partial charge is 0.174 e. The number of pyridine rings is 1. The molecule has 0 amide bonds. The van der Waals surface area contributed by atoms with Crippen molar-refractivity contribution in [3.63, 3.8) is 0 Å². The lowest BCUT2D eigenvalue weighted by Crippen LogP contribution is -2.34. The van der Waals surface area contributed by atoms with E-state index < -0.39 is 0 Å². The number of ether oxygens (including phenoxy) is 1. The second-order valence-corrected chi connectivity index (χ2v) is 6.59. The molecule has 3 rings (SSSR count). The van der Waals surface area contributed by atoms with Crippen molar-refractivity contribution in [3.8, 4) is 5.75 Å². The number of nitrogens with zero attached hydrogens (tertiary/aromatic N) is 2. The number of hydrogen-bond acceptors (Lipinski definition) is 3. The number of rotatable bonds is 7. The molecule has 1 heterocycles. The van der Waals surface area contributed by atoms with Gasteiger partial charge in [0.15, 0.2) is 5.11 Å². The average Bonchev–Trinajstić information content (AvgIpc) is 2.71. The van der Waals surface area contributed by atoms with Crippen molar-refractivity contribution >= 4 is 23.0 Å². The molecule has 0 spiro atoms. The molecule has 1 aromatic heterocycles. The van der Waals surface area contributed by atoms with Crippen molar-refractivity contribution in [3.05, 3.63) is 90.0 Å². The first kappa shape index (κ1) is 19.8.